The van der Waals surface area contributed by atoms with E-state index in [9.17, 15) is 23.1 Å². The van der Waals surface area contributed by atoms with Crippen molar-refractivity contribution in [3.63, 3.8) is 0 Å². The molecule has 0 radical (unpaired) electrons. The smallest absolute Gasteiger partial charge is 0.450 e. The van der Waals surface area contributed by atoms with Gasteiger partial charge in [0.05, 0.1) is 22.8 Å². The van der Waals surface area contributed by atoms with Gasteiger partial charge in [0, 0.05) is 17.3 Å². The van der Waals surface area contributed by atoms with Crippen LogP contribution in [0.2, 0.25) is 0 Å². The summed E-state index contributed by atoms with van der Waals surface area (Å²) < 4.78 is 47.5. The van der Waals surface area contributed by atoms with Gasteiger partial charge in [-0.1, -0.05) is 18.2 Å². The number of aromatic nitrogens is 2. The Morgan fingerprint density at radius 2 is 1.82 bits per heavy atom. The minimum absolute atomic E-state index is 0.0162. The van der Waals surface area contributed by atoms with Crippen LogP contribution in [0.4, 0.5) is 13.2 Å². The quantitative estimate of drug-likeness (QED) is 0.543. The lowest BCUT2D eigenvalue weighted by molar-refractivity contribution is -0.152. The lowest BCUT2D eigenvalue weighted by Gasteiger charge is -2.13. The predicted octanol–water partition coefficient (Wildman–Crippen LogP) is 4.68. The number of halogens is 3. The summed E-state index contributed by atoms with van der Waals surface area (Å²) in [6.45, 7) is 1.38. The third-order valence-electron chi connectivity index (χ3n) is 4.43. The zero-order valence-electron chi connectivity index (χ0n) is 14.5. The van der Waals surface area contributed by atoms with Gasteiger partial charge >= 0.3 is 6.18 Å². The first-order valence-electron chi connectivity index (χ1n) is 8.24. The van der Waals surface area contributed by atoms with E-state index in [-0.39, 0.29) is 27.8 Å². The fourth-order valence-corrected chi connectivity index (χ4v) is 3.02. The van der Waals surface area contributed by atoms with Crippen molar-refractivity contribution >= 4 is 11.0 Å². The maximum absolute atomic E-state index is 13.7. The molecule has 0 atom stereocenters. The molecule has 1 N–H and O–H groups in total. The van der Waals surface area contributed by atoms with E-state index in [2.05, 4.69) is 5.10 Å². The normalized spacial score (nSPS) is 11.9. The van der Waals surface area contributed by atoms with Gasteiger partial charge in [-0.3, -0.25) is 4.79 Å². The number of hydrogen-bond donors (Lipinski definition) is 1. The number of alkyl halides is 3. The Labute approximate surface area is 156 Å². The van der Waals surface area contributed by atoms with Crippen molar-refractivity contribution in [1.29, 1.82) is 0 Å². The maximum Gasteiger partial charge on any atom is 0.450 e. The van der Waals surface area contributed by atoms with Crippen LogP contribution in [0, 0.1) is 6.92 Å². The molecule has 0 aliphatic rings. The maximum atomic E-state index is 13.7. The highest BCUT2D eigenvalue weighted by Gasteiger charge is 2.40. The molecule has 0 spiro atoms. The van der Waals surface area contributed by atoms with Crippen molar-refractivity contribution in [3.8, 4) is 22.6 Å². The largest absolute Gasteiger partial charge is 0.508 e. The number of para-hydroxylation sites is 1. The van der Waals surface area contributed by atoms with Crippen molar-refractivity contribution in [2.45, 2.75) is 13.1 Å². The number of fused-ring (bicyclic) bond motifs is 1. The van der Waals surface area contributed by atoms with Crippen LogP contribution in [0.5, 0.6) is 5.75 Å². The monoisotopic (exact) mass is 386 g/mol. The molecular weight excluding hydrogens is 373 g/mol. The number of aryl methyl sites for hydroxylation is 1. The molecule has 0 fully saturated rings. The summed E-state index contributed by atoms with van der Waals surface area (Å²) in [5, 5.41) is 13.8. The topological polar surface area (TPSA) is 68.3 Å². The van der Waals surface area contributed by atoms with E-state index in [1.165, 1.54) is 36.1 Å². The molecule has 4 rings (SSSR count). The highest BCUT2D eigenvalue weighted by molar-refractivity contribution is 5.86. The summed E-state index contributed by atoms with van der Waals surface area (Å²) in [6, 6.07) is 11.3. The molecule has 2 aromatic carbocycles. The first kappa shape index (κ1) is 17.8. The van der Waals surface area contributed by atoms with Gasteiger partial charge in [0.15, 0.2) is 0 Å². The Balaban J connectivity index is 2.02. The van der Waals surface area contributed by atoms with Crippen LogP contribution < -0.4 is 5.43 Å². The molecule has 0 bridgehead atoms. The molecule has 2 heterocycles. The lowest BCUT2D eigenvalue weighted by Crippen LogP contribution is -2.16. The van der Waals surface area contributed by atoms with Crippen molar-refractivity contribution in [2.75, 3.05) is 0 Å². The van der Waals surface area contributed by atoms with Crippen LogP contribution >= 0.6 is 0 Å². The Hall–Kier alpha value is -3.55. The standard InChI is InChI=1S/C20H13F3N2O3/c1-11-15(26)8-7-14-17(27)16(19(20(21,22)23)28-18(11)14)12-9-24-25(10-12)13-5-3-2-4-6-13/h2-10,26H,1H3. The molecule has 4 aromatic rings. The van der Waals surface area contributed by atoms with Gasteiger partial charge in [0.25, 0.3) is 0 Å². The van der Waals surface area contributed by atoms with Crippen LogP contribution in [0.25, 0.3) is 27.8 Å². The summed E-state index contributed by atoms with van der Waals surface area (Å²) in [4.78, 5) is 12.9. The Morgan fingerprint density at radius 1 is 1.11 bits per heavy atom. The van der Waals surface area contributed by atoms with Crippen LogP contribution in [-0.4, -0.2) is 14.9 Å². The number of aromatic hydroxyl groups is 1. The summed E-state index contributed by atoms with van der Waals surface area (Å²) in [7, 11) is 0. The SMILES string of the molecule is Cc1c(O)ccc2c(=O)c(-c3cnn(-c4ccccc4)c3)c(C(F)(F)F)oc12. The molecule has 5 nitrogen and oxygen atoms in total. The Kier molecular flexibility index (Phi) is 3.99. The van der Waals surface area contributed by atoms with Gasteiger partial charge in [-0.25, -0.2) is 4.68 Å². The summed E-state index contributed by atoms with van der Waals surface area (Å²) in [5.41, 5.74) is -1.08. The second-order valence-electron chi connectivity index (χ2n) is 6.23. The summed E-state index contributed by atoms with van der Waals surface area (Å²) in [6.07, 6.45) is -2.38. The van der Waals surface area contributed by atoms with Crippen LogP contribution in [-0.2, 0) is 6.18 Å². The van der Waals surface area contributed by atoms with Gasteiger partial charge in [-0.05, 0) is 31.2 Å². The van der Waals surface area contributed by atoms with Crippen LogP contribution in [0.1, 0.15) is 11.3 Å². The van der Waals surface area contributed by atoms with Gasteiger partial charge < -0.3 is 9.52 Å². The molecule has 0 unspecified atom stereocenters. The number of hydrogen-bond acceptors (Lipinski definition) is 4. The van der Waals surface area contributed by atoms with E-state index in [0.717, 1.165) is 0 Å². The molecule has 28 heavy (non-hydrogen) atoms. The highest BCUT2D eigenvalue weighted by Crippen LogP contribution is 2.38. The molecular formula is C20H13F3N2O3. The van der Waals surface area contributed by atoms with Gasteiger partial charge in [-0.2, -0.15) is 18.3 Å². The number of phenols is 1. The summed E-state index contributed by atoms with van der Waals surface area (Å²) >= 11 is 0. The van der Waals surface area contributed by atoms with Crippen molar-refractivity contribution < 1.29 is 22.7 Å². The van der Waals surface area contributed by atoms with Crippen molar-refractivity contribution in [1.82, 2.24) is 9.78 Å². The average molecular weight is 386 g/mol. The van der Waals surface area contributed by atoms with Crippen molar-refractivity contribution in [2.24, 2.45) is 0 Å². The molecule has 142 valence electrons. The van der Waals surface area contributed by atoms with E-state index in [0.29, 0.717) is 5.69 Å². The highest BCUT2D eigenvalue weighted by atomic mass is 19.4. The van der Waals surface area contributed by atoms with E-state index < -0.39 is 22.9 Å². The minimum Gasteiger partial charge on any atom is -0.508 e. The van der Waals surface area contributed by atoms with Crippen LogP contribution in [0.15, 0.2) is 64.1 Å². The Bertz CT molecular complexity index is 1240. The van der Waals surface area contributed by atoms with E-state index >= 15 is 0 Å². The minimum atomic E-state index is -4.91. The number of phenolic OH excluding ortho intramolecular Hbond substituents is 1. The molecule has 0 amide bonds. The molecule has 8 heteroatoms. The zero-order chi connectivity index (χ0) is 20.1. The fourth-order valence-electron chi connectivity index (χ4n) is 3.02. The van der Waals surface area contributed by atoms with E-state index in [1.54, 1.807) is 30.3 Å². The number of nitrogens with zero attached hydrogens (tertiary/aromatic N) is 2. The summed E-state index contributed by atoms with van der Waals surface area (Å²) in [5.74, 6) is -1.68. The Morgan fingerprint density at radius 3 is 2.50 bits per heavy atom. The van der Waals surface area contributed by atoms with Gasteiger partial charge in [0.2, 0.25) is 11.2 Å². The molecule has 2 aromatic heterocycles. The first-order chi connectivity index (χ1) is 13.3. The second kappa shape index (κ2) is 6.26. The predicted molar refractivity (Wildman–Crippen MR) is 96.4 cm³/mol. The molecule has 0 aliphatic heterocycles. The third-order valence-corrected chi connectivity index (χ3v) is 4.43. The van der Waals surface area contributed by atoms with Gasteiger partial charge in [-0.15, -0.1) is 0 Å². The number of benzene rings is 2. The van der Waals surface area contributed by atoms with E-state index in [4.69, 9.17) is 4.42 Å². The second-order valence-corrected chi connectivity index (χ2v) is 6.23. The van der Waals surface area contributed by atoms with Crippen LogP contribution in [0.3, 0.4) is 0 Å². The molecule has 0 aliphatic carbocycles. The third kappa shape index (κ3) is 2.83. The average Bonchev–Trinajstić information content (AvgIpc) is 3.14. The van der Waals surface area contributed by atoms with E-state index in [1.807, 2.05) is 0 Å². The first-order valence-corrected chi connectivity index (χ1v) is 8.24. The fraction of sp³-hybridized carbons (Fsp3) is 0.100. The zero-order valence-corrected chi connectivity index (χ0v) is 14.5. The molecule has 0 saturated heterocycles. The number of rotatable bonds is 2. The van der Waals surface area contributed by atoms with Crippen molar-refractivity contribution in [3.05, 3.63) is 76.4 Å². The molecule has 0 saturated carbocycles. The lowest BCUT2D eigenvalue weighted by atomic mass is 10.0. The van der Waals surface area contributed by atoms with Gasteiger partial charge in [0.1, 0.15) is 11.3 Å².